The third-order valence-corrected chi connectivity index (χ3v) is 3.47. The third kappa shape index (κ3) is 3.66. The second-order valence-corrected chi connectivity index (χ2v) is 5.16. The molecular weight excluding hydrogens is 328 g/mol. The number of ether oxygens (including phenoxy) is 1. The number of fused-ring (bicyclic) bond motifs is 1. The quantitative estimate of drug-likeness (QED) is 0.392. The lowest BCUT2D eigenvalue weighted by molar-refractivity contribution is -0.384. The van der Waals surface area contributed by atoms with E-state index < -0.39 is 16.5 Å². The molecule has 9 heteroatoms. The molecule has 0 aliphatic carbocycles. The highest BCUT2D eigenvalue weighted by Crippen LogP contribution is 2.12. The van der Waals surface area contributed by atoms with Gasteiger partial charge in [-0.15, -0.1) is 5.10 Å². The van der Waals surface area contributed by atoms with E-state index in [1.165, 1.54) is 24.3 Å². The minimum Gasteiger partial charge on any atom is -0.442 e. The second-order valence-electron chi connectivity index (χ2n) is 5.16. The summed E-state index contributed by atoms with van der Waals surface area (Å²) >= 11 is 0. The van der Waals surface area contributed by atoms with Crippen LogP contribution in [0.5, 0.6) is 0 Å². The number of hydrogen-bond donors (Lipinski definition) is 0. The molecule has 1 heterocycles. The van der Waals surface area contributed by atoms with Gasteiger partial charge in [-0.1, -0.05) is 29.5 Å². The third-order valence-electron chi connectivity index (χ3n) is 3.47. The zero-order valence-corrected chi connectivity index (χ0v) is 12.9. The molecule has 25 heavy (non-hydrogen) atoms. The number of carbonyl (C=O) groups excluding carboxylic acids is 1. The summed E-state index contributed by atoms with van der Waals surface area (Å²) in [5.41, 5.74) is 0.553. The second kappa shape index (κ2) is 6.87. The molecule has 0 N–H and O–H groups in total. The van der Waals surface area contributed by atoms with Crippen molar-refractivity contribution >= 4 is 22.6 Å². The minimum atomic E-state index is -0.587. The number of nitro groups is 1. The molecule has 0 saturated carbocycles. The van der Waals surface area contributed by atoms with Crippen LogP contribution in [0.2, 0.25) is 0 Å². The maximum absolute atomic E-state index is 12.2. The summed E-state index contributed by atoms with van der Waals surface area (Å²) in [6.07, 6.45) is -0.0756. The SMILES string of the molecule is O=C(Cc1ccc([N+](=O)[O-])cc1)OCn1nnc2ccccc2c1=O. The first-order valence-electron chi connectivity index (χ1n) is 7.26. The molecule has 9 nitrogen and oxygen atoms in total. The van der Waals surface area contributed by atoms with Gasteiger partial charge in [-0.2, -0.15) is 4.68 Å². The molecule has 0 fully saturated rings. The Labute approximate surface area is 140 Å². The van der Waals surface area contributed by atoms with Gasteiger partial charge in [0.25, 0.3) is 11.2 Å². The predicted octanol–water partition coefficient (Wildman–Crippen LogP) is 1.44. The summed E-state index contributed by atoms with van der Waals surface area (Å²) in [5.74, 6) is -0.587. The lowest BCUT2D eigenvalue weighted by Crippen LogP contribution is -2.26. The van der Waals surface area contributed by atoms with Crippen LogP contribution >= 0.6 is 0 Å². The highest BCUT2D eigenvalue weighted by Gasteiger charge is 2.10. The Balaban J connectivity index is 1.65. The summed E-state index contributed by atoms with van der Waals surface area (Å²) in [5, 5.41) is 18.6. The van der Waals surface area contributed by atoms with Crippen LogP contribution < -0.4 is 5.56 Å². The van der Waals surface area contributed by atoms with E-state index in [-0.39, 0.29) is 18.8 Å². The van der Waals surface area contributed by atoms with Gasteiger partial charge in [0.15, 0.2) is 6.73 Å². The van der Waals surface area contributed by atoms with E-state index in [0.29, 0.717) is 16.5 Å². The number of aromatic nitrogens is 3. The van der Waals surface area contributed by atoms with Gasteiger partial charge in [0.1, 0.15) is 5.52 Å². The molecule has 0 aliphatic rings. The number of benzene rings is 2. The fourth-order valence-corrected chi connectivity index (χ4v) is 2.19. The van der Waals surface area contributed by atoms with Crippen LogP contribution in [-0.4, -0.2) is 25.9 Å². The van der Waals surface area contributed by atoms with Crippen LogP contribution in [0.25, 0.3) is 10.9 Å². The Morgan fingerprint density at radius 1 is 1.16 bits per heavy atom. The van der Waals surface area contributed by atoms with Crippen molar-refractivity contribution in [1.29, 1.82) is 0 Å². The number of non-ortho nitro benzene ring substituents is 1. The molecule has 126 valence electrons. The average molecular weight is 340 g/mol. The number of hydrogen-bond acceptors (Lipinski definition) is 7. The fraction of sp³-hybridized carbons (Fsp3) is 0.125. The highest BCUT2D eigenvalue weighted by molar-refractivity contribution is 5.76. The molecule has 3 rings (SSSR count). The summed E-state index contributed by atoms with van der Waals surface area (Å²) in [6, 6.07) is 12.3. The van der Waals surface area contributed by atoms with Gasteiger partial charge in [-0.3, -0.25) is 19.7 Å². The van der Waals surface area contributed by atoms with Crippen molar-refractivity contribution in [2.75, 3.05) is 0 Å². The molecular formula is C16H12N4O5. The zero-order chi connectivity index (χ0) is 17.8. The van der Waals surface area contributed by atoms with E-state index in [1.54, 1.807) is 24.3 Å². The van der Waals surface area contributed by atoms with Crippen molar-refractivity contribution in [3.63, 3.8) is 0 Å². The monoisotopic (exact) mass is 340 g/mol. The minimum absolute atomic E-state index is 0.0601. The number of carbonyl (C=O) groups is 1. The Bertz CT molecular complexity index is 997. The van der Waals surface area contributed by atoms with Gasteiger partial charge >= 0.3 is 5.97 Å². The van der Waals surface area contributed by atoms with Gasteiger partial charge in [0.2, 0.25) is 0 Å². The zero-order valence-electron chi connectivity index (χ0n) is 12.9. The normalized spacial score (nSPS) is 10.6. The van der Waals surface area contributed by atoms with Crippen LogP contribution in [0.4, 0.5) is 5.69 Å². The number of rotatable bonds is 5. The van der Waals surface area contributed by atoms with Crippen LogP contribution in [0.3, 0.4) is 0 Å². The van der Waals surface area contributed by atoms with Gasteiger partial charge in [0, 0.05) is 12.1 Å². The first-order chi connectivity index (χ1) is 12.0. The average Bonchev–Trinajstić information content (AvgIpc) is 2.62. The Kier molecular flexibility index (Phi) is 4.46. The van der Waals surface area contributed by atoms with E-state index in [2.05, 4.69) is 10.3 Å². The van der Waals surface area contributed by atoms with Crippen molar-refractivity contribution in [2.45, 2.75) is 13.2 Å². The molecule has 3 aromatic rings. The lowest BCUT2D eigenvalue weighted by Gasteiger charge is -2.06. The first-order valence-corrected chi connectivity index (χ1v) is 7.26. The van der Waals surface area contributed by atoms with Gasteiger partial charge in [-0.25, -0.2) is 0 Å². The molecule has 0 radical (unpaired) electrons. The van der Waals surface area contributed by atoms with E-state index >= 15 is 0 Å². The molecule has 0 saturated heterocycles. The van der Waals surface area contributed by atoms with E-state index in [4.69, 9.17) is 4.74 Å². The molecule has 0 amide bonds. The number of esters is 1. The number of nitro benzene ring substituents is 1. The maximum atomic E-state index is 12.2. The Morgan fingerprint density at radius 3 is 2.60 bits per heavy atom. The molecule has 0 aliphatic heterocycles. The van der Waals surface area contributed by atoms with E-state index in [1.807, 2.05) is 0 Å². The van der Waals surface area contributed by atoms with Crippen LogP contribution in [0.1, 0.15) is 5.56 Å². The number of nitrogens with zero attached hydrogens (tertiary/aromatic N) is 4. The van der Waals surface area contributed by atoms with Crippen LogP contribution in [0, 0.1) is 10.1 Å². The summed E-state index contributed by atoms with van der Waals surface area (Å²) < 4.78 is 5.98. The van der Waals surface area contributed by atoms with Crippen molar-refractivity contribution in [3.05, 3.63) is 74.6 Å². The van der Waals surface area contributed by atoms with Gasteiger partial charge in [-0.05, 0) is 17.7 Å². The fourth-order valence-electron chi connectivity index (χ4n) is 2.19. The first kappa shape index (κ1) is 16.2. The van der Waals surface area contributed by atoms with Gasteiger partial charge in [0.05, 0.1) is 16.7 Å². The Morgan fingerprint density at radius 2 is 1.88 bits per heavy atom. The van der Waals surface area contributed by atoms with Crippen molar-refractivity contribution in [2.24, 2.45) is 0 Å². The van der Waals surface area contributed by atoms with Crippen LogP contribution in [-0.2, 0) is 22.7 Å². The summed E-state index contributed by atoms with van der Waals surface area (Å²) in [6.45, 7) is -0.359. The molecule has 0 bridgehead atoms. The molecule has 0 spiro atoms. The summed E-state index contributed by atoms with van der Waals surface area (Å²) in [4.78, 5) is 34.1. The van der Waals surface area contributed by atoms with Crippen molar-refractivity contribution < 1.29 is 14.5 Å². The largest absolute Gasteiger partial charge is 0.442 e. The Hall–Kier alpha value is -3.62. The van der Waals surface area contributed by atoms with E-state index in [9.17, 15) is 19.7 Å². The summed E-state index contributed by atoms with van der Waals surface area (Å²) in [7, 11) is 0. The topological polar surface area (TPSA) is 117 Å². The molecule has 0 atom stereocenters. The molecule has 2 aromatic carbocycles. The van der Waals surface area contributed by atoms with Gasteiger partial charge < -0.3 is 4.74 Å². The standard InChI is InChI=1S/C16H12N4O5/c21-15(9-11-5-7-12(8-6-11)20(23)24)25-10-19-16(22)13-3-1-2-4-14(13)17-18-19/h1-8H,9-10H2. The van der Waals surface area contributed by atoms with Crippen LogP contribution in [0.15, 0.2) is 53.3 Å². The van der Waals surface area contributed by atoms with Crippen molar-refractivity contribution in [3.8, 4) is 0 Å². The predicted molar refractivity (Wildman–Crippen MR) is 86.7 cm³/mol. The maximum Gasteiger partial charge on any atom is 0.312 e. The van der Waals surface area contributed by atoms with E-state index in [0.717, 1.165) is 4.68 Å². The smallest absolute Gasteiger partial charge is 0.312 e. The molecule has 1 aromatic heterocycles. The van der Waals surface area contributed by atoms with Crippen molar-refractivity contribution in [1.82, 2.24) is 15.0 Å². The highest BCUT2D eigenvalue weighted by atomic mass is 16.6. The lowest BCUT2D eigenvalue weighted by atomic mass is 10.1. The molecule has 0 unspecified atom stereocenters.